The number of para-hydroxylation sites is 1. The van der Waals surface area contributed by atoms with Gasteiger partial charge in [-0.05, 0) is 12.1 Å². The smallest absolute Gasteiger partial charge is 0.314 e. The van der Waals surface area contributed by atoms with Crippen molar-refractivity contribution in [3.05, 3.63) is 42.8 Å². The fourth-order valence-corrected chi connectivity index (χ4v) is 2.13. The molecule has 25 heavy (non-hydrogen) atoms. The minimum atomic E-state index is 0.0465. The summed E-state index contributed by atoms with van der Waals surface area (Å²) in [6.07, 6.45) is 2.89. The van der Waals surface area contributed by atoms with E-state index in [0.717, 1.165) is 5.69 Å². The number of hydrogen-bond donors (Lipinski definition) is 1. The third kappa shape index (κ3) is 2.87. The van der Waals surface area contributed by atoms with Gasteiger partial charge in [-0.15, -0.1) is 0 Å². The van der Waals surface area contributed by atoms with Crippen molar-refractivity contribution in [1.29, 1.82) is 0 Å². The van der Waals surface area contributed by atoms with Crippen LogP contribution < -0.4 is 10.6 Å². The second-order valence-corrected chi connectivity index (χ2v) is 4.97. The molecule has 3 heterocycles. The van der Waals surface area contributed by atoms with Gasteiger partial charge in [0.2, 0.25) is 23.5 Å². The molecule has 10 heteroatoms. The third-order valence-corrected chi connectivity index (χ3v) is 3.33. The van der Waals surface area contributed by atoms with E-state index in [0.29, 0.717) is 5.95 Å². The average molecular weight is 336 g/mol. The summed E-state index contributed by atoms with van der Waals surface area (Å²) in [5.74, 6) is 1.08. The Hall–Kier alpha value is -3.82. The molecule has 0 saturated carbocycles. The molecule has 124 valence electrons. The summed E-state index contributed by atoms with van der Waals surface area (Å²) in [7, 11) is 1.82. The topological polar surface area (TPSA) is 133 Å². The van der Waals surface area contributed by atoms with Crippen LogP contribution in [-0.2, 0) is 0 Å². The van der Waals surface area contributed by atoms with E-state index >= 15 is 0 Å². The van der Waals surface area contributed by atoms with Crippen LogP contribution in [0, 0.1) is 0 Å². The molecule has 0 fully saturated rings. The van der Waals surface area contributed by atoms with Gasteiger partial charge in [-0.25, -0.2) is 4.98 Å². The van der Waals surface area contributed by atoms with E-state index < -0.39 is 0 Å². The number of anilines is 3. The molecule has 0 amide bonds. The van der Waals surface area contributed by atoms with Crippen molar-refractivity contribution in [2.24, 2.45) is 0 Å². The highest BCUT2D eigenvalue weighted by Crippen LogP contribution is 2.23. The van der Waals surface area contributed by atoms with Crippen LogP contribution in [0.1, 0.15) is 0 Å². The Kier molecular flexibility index (Phi) is 3.54. The maximum atomic E-state index is 5.81. The van der Waals surface area contributed by atoms with Gasteiger partial charge in [-0.3, -0.25) is 0 Å². The van der Waals surface area contributed by atoms with E-state index in [1.807, 2.05) is 37.4 Å². The first-order valence-corrected chi connectivity index (χ1v) is 7.25. The Labute approximate surface area is 141 Å². The summed E-state index contributed by atoms with van der Waals surface area (Å²) in [5, 5.41) is 3.84. The number of hydrogen-bond acceptors (Lipinski definition) is 10. The highest BCUT2D eigenvalue weighted by atomic mass is 16.5. The second-order valence-electron chi connectivity index (χ2n) is 4.97. The predicted molar refractivity (Wildman–Crippen MR) is 87.5 cm³/mol. The zero-order chi connectivity index (χ0) is 17.2. The Morgan fingerprint density at radius 1 is 0.960 bits per heavy atom. The van der Waals surface area contributed by atoms with Crippen LogP contribution in [0.2, 0.25) is 0 Å². The summed E-state index contributed by atoms with van der Waals surface area (Å²) < 4.78 is 10.2. The molecule has 0 aliphatic heterocycles. The van der Waals surface area contributed by atoms with Gasteiger partial charge in [0, 0.05) is 12.7 Å². The SMILES string of the molecule is CN(c1ccccc1)c1nc(N)nc(-c2noc(-c3ncco3)n2)n1. The lowest BCUT2D eigenvalue weighted by Crippen LogP contribution is -2.15. The first kappa shape index (κ1) is 14.8. The predicted octanol–water partition coefficient (Wildman–Crippen LogP) is 1.93. The van der Waals surface area contributed by atoms with Crippen LogP contribution in [0.25, 0.3) is 23.4 Å². The summed E-state index contributed by atoms with van der Waals surface area (Å²) >= 11 is 0. The van der Waals surface area contributed by atoms with E-state index in [1.165, 1.54) is 12.5 Å². The Morgan fingerprint density at radius 2 is 1.80 bits per heavy atom. The molecule has 2 N–H and O–H groups in total. The second kappa shape index (κ2) is 6.00. The van der Waals surface area contributed by atoms with Gasteiger partial charge < -0.3 is 19.6 Å². The van der Waals surface area contributed by atoms with Crippen molar-refractivity contribution in [2.45, 2.75) is 0 Å². The van der Waals surface area contributed by atoms with Gasteiger partial charge in [0.25, 0.3) is 5.89 Å². The van der Waals surface area contributed by atoms with Crippen LogP contribution >= 0.6 is 0 Å². The van der Waals surface area contributed by atoms with E-state index in [1.54, 1.807) is 4.90 Å². The highest BCUT2D eigenvalue weighted by molar-refractivity contribution is 5.59. The van der Waals surface area contributed by atoms with E-state index in [9.17, 15) is 0 Å². The Balaban J connectivity index is 1.71. The van der Waals surface area contributed by atoms with Crippen LogP contribution in [-0.4, -0.2) is 37.1 Å². The normalized spacial score (nSPS) is 10.8. The minimum absolute atomic E-state index is 0.0465. The van der Waals surface area contributed by atoms with E-state index in [2.05, 4.69) is 30.1 Å². The molecular formula is C15H12N8O2. The van der Waals surface area contributed by atoms with Gasteiger partial charge in [-0.2, -0.15) is 19.9 Å². The number of rotatable bonds is 4. The van der Waals surface area contributed by atoms with Crippen molar-refractivity contribution < 1.29 is 8.94 Å². The molecule has 4 aromatic rings. The lowest BCUT2D eigenvalue weighted by atomic mass is 10.3. The standard InChI is InChI=1S/C15H12N8O2/c1-23(9-5-3-2-4-6-9)15-20-10(19-14(16)21-15)11-18-13(25-22-11)12-17-7-8-24-12/h2-8H,1H3,(H2,16,19,20,21). The summed E-state index contributed by atoms with van der Waals surface area (Å²) in [5.41, 5.74) is 6.70. The van der Waals surface area contributed by atoms with Gasteiger partial charge in [0.15, 0.2) is 0 Å². The number of nitrogens with two attached hydrogens (primary N) is 1. The fraction of sp³-hybridized carbons (Fsp3) is 0.0667. The van der Waals surface area contributed by atoms with Gasteiger partial charge >= 0.3 is 5.89 Å². The van der Waals surface area contributed by atoms with Crippen LogP contribution in [0.5, 0.6) is 0 Å². The number of nitrogen functional groups attached to an aromatic ring is 1. The van der Waals surface area contributed by atoms with Crippen LogP contribution in [0.3, 0.4) is 0 Å². The summed E-state index contributed by atoms with van der Waals surface area (Å²) in [4.78, 5) is 22.5. The zero-order valence-electron chi connectivity index (χ0n) is 13.1. The lowest BCUT2D eigenvalue weighted by molar-refractivity contribution is 0.413. The number of oxazole rings is 1. The quantitative estimate of drug-likeness (QED) is 0.589. The number of aromatic nitrogens is 6. The first-order chi connectivity index (χ1) is 12.2. The summed E-state index contributed by atoms with van der Waals surface area (Å²) in [6.45, 7) is 0. The minimum Gasteiger partial charge on any atom is -0.441 e. The molecule has 0 atom stereocenters. The molecule has 0 radical (unpaired) electrons. The maximum absolute atomic E-state index is 5.81. The van der Waals surface area contributed by atoms with Crippen molar-refractivity contribution in [2.75, 3.05) is 17.7 Å². The lowest BCUT2D eigenvalue weighted by Gasteiger charge is -2.17. The monoisotopic (exact) mass is 336 g/mol. The van der Waals surface area contributed by atoms with Gasteiger partial charge in [0.05, 0.1) is 6.20 Å². The molecule has 0 aliphatic carbocycles. The molecule has 0 unspecified atom stereocenters. The van der Waals surface area contributed by atoms with Crippen molar-refractivity contribution in [1.82, 2.24) is 30.1 Å². The molecule has 3 aromatic heterocycles. The van der Waals surface area contributed by atoms with E-state index in [4.69, 9.17) is 14.7 Å². The van der Waals surface area contributed by atoms with Crippen molar-refractivity contribution in [3.8, 4) is 23.4 Å². The van der Waals surface area contributed by atoms with Crippen LogP contribution in [0.15, 0.2) is 51.7 Å². The Morgan fingerprint density at radius 3 is 2.56 bits per heavy atom. The molecule has 10 nitrogen and oxygen atoms in total. The molecule has 0 spiro atoms. The molecule has 0 bridgehead atoms. The van der Waals surface area contributed by atoms with Crippen LogP contribution in [0.4, 0.5) is 17.6 Å². The third-order valence-electron chi connectivity index (χ3n) is 3.33. The van der Waals surface area contributed by atoms with Gasteiger partial charge in [-0.1, -0.05) is 23.4 Å². The van der Waals surface area contributed by atoms with Crippen molar-refractivity contribution in [3.63, 3.8) is 0 Å². The van der Waals surface area contributed by atoms with Crippen molar-refractivity contribution >= 4 is 17.6 Å². The molecule has 0 aliphatic rings. The zero-order valence-corrected chi connectivity index (χ0v) is 13.1. The number of benzene rings is 1. The largest absolute Gasteiger partial charge is 0.441 e. The van der Waals surface area contributed by atoms with Gasteiger partial charge in [0.1, 0.15) is 6.26 Å². The fourth-order valence-electron chi connectivity index (χ4n) is 2.13. The molecule has 0 saturated heterocycles. The molecular weight excluding hydrogens is 324 g/mol. The summed E-state index contributed by atoms with van der Waals surface area (Å²) in [6, 6.07) is 9.61. The molecule has 4 rings (SSSR count). The first-order valence-electron chi connectivity index (χ1n) is 7.25. The molecule has 1 aromatic carbocycles. The number of nitrogens with zero attached hydrogens (tertiary/aromatic N) is 7. The Bertz CT molecular complexity index is 984. The average Bonchev–Trinajstić information content (AvgIpc) is 3.32. The van der Waals surface area contributed by atoms with E-state index in [-0.39, 0.29) is 29.4 Å². The highest BCUT2D eigenvalue weighted by Gasteiger charge is 2.18. The maximum Gasteiger partial charge on any atom is 0.314 e.